The molecular weight excluding hydrogens is 305 g/mol. The highest BCUT2D eigenvalue weighted by atomic mass is 35.5. The zero-order chi connectivity index (χ0) is 15.1. The maximum Gasteiger partial charge on any atom is 0.225 e. The number of rotatable bonds is 3. The third kappa shape index (κ3) is 5.15. The van der Waals surface area contributed by atoms with Gasteiger partial charge in [-0.15, -0.1) is 0 Å². The van der Waals surface area contributed by atoms with Gasteiger partial charge in [0.25, 0.3) is 0 Å². The van der Waals surface area contributed by atoms with Crippen LogP contribution in [-0.2, 0) is 11.2 Å². The molecule has 0 radical (unpaired) electrons. The predicted octanol–water partition coefficient (Wildman–Crippen LogP) is 3.70. The highest BCUT2D eigenvalue weighted by Crippen LogP contribution is 2.12. The lowest BCUT2D eigenvalue weighted by Crippen LogP contribution is -2.25. The van der Waals surface area contributed by atoms with Crippen LogP contribution < -0.4 is 5.32 Å². The summed E-state index contributed by atoms with van der Waals surface area (Å²) in [6.45, 7) is 0.289. The minimum absolute atomic E-state index is 0.0780. The molecule has 2 rings (SSSR count). The number of benzene rings is 2. The molecule has 1 amide bonds. The SMILES string of the molecule is O=C(Cc1ccc(Cl)cc1)NCC#Cc1ccccc1Cl. The third-order valence-corrected chi connectivity index (χ3v) is 3.33. The lowest BCUT2D eigenvalue weighted by atomic mass is 10.1. The number of carbonyl (C=O) groups excluding carboxylic acids is 1. The van der Waals surface area contributed by atoms with Gasteiger partial charge in [-0.05, 0) is 29.8 Å². The van der Waals surface area contributed by atoms with Crippen molar-refractivity contribution >= 4 is 29.1 Å². The molecule has 2 nitrogen and oxygen atoms in total. The molecule has 106 valence electrons. The molecule has 0 aliphatic rings. The van der Waals surface area contributed by atoms with Crippen LogP contribution in [0.5, 0.6) is 0 Å². The summed E-state index contributed by atoms with van der Waals surface area (Å²) in [6, 6.07) is 14.5. The van der Waals surface area contributed by atoms with Crippen molar-refractivity contribution in [2.75, 3.05) is 6.54 Å². The highest BCUT2D eigenvalue weighted by molar-refractivity contribution is 6.31. The normalized spacial score (nSPS) is 9.62. The number of carbonyl (C=O) groups is 1. The Labute approximate surface area is 134 Å². The highest BCUT2D eigenvalue weighted by Gasteiger charge is 2.01. The van der Waals surface area contributed by atoms with E-state index in [-0.39, 0.29) is 12.5 Å². The van der Waals surface area contributed by atoms with Crippen LogP contribution in [0.25, 0.3) is 0 Å². The summed E-state index contributed by atoms with van der Waals surface area (Å²) in [5.74, 6) is 5.73. The minimum atomic E-state index is -0.0780. The maximum atomic E-state index is 11.7. The van der Waals surface area contributed by atoms with E-state index in [9.17, 15) is 4.79 Å². The smallest absolute Gasteiger partial charge is 0.225 e. The molecule has 2 aromatic rings. The standard InChI is InChI=1S/C17H13Cl2NO/c18-15-9-7-13(8-10-15)12-17(21)20-11-3-5-14-4-1-2-6-16(14)19/h1-2,4,6-10H,11-12H2,(H,20,21). The fourth-order valence-corrected chi connectivity index (χ4v) is 2.00. The lowest BCUT2D eigenvalue weighted by Gasteiger charge is -2.02. The second-order valence-electron chi connectivity index (χ2n) is 4.36. The van der Waals surface area contributed by atoms with Gasteiger partial charge in [0.2, 0.25) is 5.91 Å². The van der Waals surface area contributed by atoms with Crippen LogP contribution in [0.2, 0.25) is 10.0 Å². The van der Waals surface area contributed by atoms with E-state index in [4.69, 9.17) is 23.2 Å². The van der Waals surface area contributed by atoms with E-state index >= 15 is 0 Å². The van der Waals surface area contributed by atoms with E-state index < -0.39 is 0 Å². The zero-order valence-electron chi connectivity index (χ0n) is 11.2. The Balaban J connectivity index is 1.83. The van der Waals surface area contributed by atoms with E-state index in [1.807, 2.05) is 30.3 Å². The Morgan fingerprint density at radius 3 is 2.48 bits per heavy atom. The van der Waals surface area contributed by atoms with E-state index in [1.165, 1.54) is 0 Å². The zero-order valence-corrected chi connectivity index (χ0v) is 12.7. The average Bonchev–Trinajstić information content (AvgIpc) is 2.48. The van der Waals surface area contributed by atoms with Gasteiger partial charge in [-0.1, -0.05) is 59.3 Å². The molecule has 0 spiro atoms. The van der Waals surface area contributed by atoms with E-state index in [1.54, 1.807) is 18.2 Å². The Bertz CT molecular complexity index is 684. The molecule has 0 atom stereocenters. The molecule has 0 aliphatic heterocycles. The minimum Gasteiger partial charge on any atom is -0.345 e. The predicted molar refractivity (Wildman–Crippen MR) is 86.5 cm³/mol. The van der Waals surface area contributed by atoms with E-state index in [0.29, 0.717) is 16.5 Å². The molecule has 4 heteroatoms. The van der Waals surface area contributed by atoms with Crippen molar-refractivity contribution in [2.24, 2.45) is 0 Å². The molecule has 0 aromatic heterocycles. The molecule has 0 fully saturated rings. The Morgan fingerprint density at radius 1 is 1.05 bits per heavy atom. The van der Waals surface area contributed by atoms with Crippen LogP contribution in [-0.4, -0.2) is 12.5 Å². The van der Waals surface area contributed by atoms with Gasteiger partial charge in [0.05, 0.1) is 18.0 Å². The Hall–Kier alpha value is -1.95. The number of halogens is 2. The van der Waals surface area contributed by atoms with Crippen molar-refractivity contribution in [1.29, 1.82) is 0 Å². The van der Waals surface area contributed by atoms with Gasteiger partial charge in [0.15, 0.2) is 0 Å². The van der Waals surface area contributed by atoms with Gasteiger partial charge in [-0.25, -0.2) is 0 Å². The summed E-state index contributed by atoms with van der Waals surface area (Å²) in [5.41, 5.74) is 1.67. The van der Waals surface area contributed by atoms with Crippen molar-refractivity contribution in [1.82, 2.24) is 5.32 Å². The molecule has 0 saturated heterocycles. The van der Waals surface area contributed by atoms with Crippen molar-refractivity contribution in [3.8, 4) is 11.8 Å². The first-order chi connectivity index (χ1) is 10.1. The molecule has 0 aliphatic carbocycles. The van der Waals surface area contributed by atoms with Crippen LogP contribution >= 0.6 is 23.2 Å². The van der Waals surface area contributed by atoms with Gasteiger partial charge in [-0.3, -0.25) is 4.79 Å². The van der Waals surface area contributed by atoms with Crippen LogP contribution in [0.15, 0.2) is 48.5 Å². The van der Waals surface area contributed by atoms with Gasteiger partial charge in [0.1, 0.15) is 0 Å². The van der Waals surface area contributed by atoms with Crippen molar-refractivity contribution in [3.63, 3.8) is 0 Å². The molecule has 2 aromatic carbocycles. The fourth-order valence-electron chi connectivity index (χ4n) is 1.69. The first-order valence-electron chi connectivity index (χ1n) is 6.40. The van der Waals surface area contributed by atoms with E-state index in [2.05, 4.69) is 17.2 Å². The number of hydrogen-bond donors (Lipinski definition) is 1. The van der Waals surface area contributed by atoms with Gasteiger partial charge in [-0.2, -0.15) is 0 Å². The summed E-state index contributed by atoms with van der Waals surface area (Å²) >= 11 is 11.8. The monoisotopic (exact) mass is 317 g/mol. The molecule has 0 heterocycles. The average molecular weight is 318 g/mol. The lowest BCUT2D eigenvalue weighted by molar-refractivity contribution is -0.120. The third-order valence-electron chi connectivity index (χ3n) is 2.75. The van der Waals surface area contributed by atoms with Gasteiger partial charge in [0, 0.05) is 10.6 Å². The molecule has 1 N–H and O–H groups in total. The van der Waals surface area contributed by atoms with Gasteiger partial charge >= 0.3 is 0 Å². The second-order valence-corrected chi connectivity index (χ2v) is 5.21. The molecule has 21 heavy (non-hydrogen) atoms. The van der Waals surface area contributed by atoms with Crippen molar-refractivity contribution in [2.45, 2.75) is 6.42 Å². The Kier molecular flexibility index (Phi) is 5.68. The second kappa shape index (κ2) is 7.73. The fraction of sp³-hybridized carbons (Fsp3) is 0.118. The topological polar surface area (TPSA) is 29.1 Å². The van der Waals surface area contributed by atoms with Crippen LogP contribution in [0.4, 0.5) is 0 Å². The number of nitrogens with one attached hydrogen (secondary N) is 1. The number of amides is 1. The first-order valence-corrected chi connectivity index (χ1v) is 7.15. The summed E-state index contributed by atoms with van der Waals surface area (Å²) in [4.78, 5) is 11.7. The first kappa shape index (κ1) is 15.4. The Morgan fingerprint density at radius 2 is 1.76 bits per heavy atom. The largest absolute Gasteiger partial charge is 0.345 e. The quantitative estimate of drug-likeness (QED) is 0.859. The number of hydrogen-bond acceptors (Lipinski definition) is 1. The van der Waals surface area contributed by atoms with Crippen molar-refractivity contribution in [3.05, 3.63) is 69.7 Å². The summed E-state index contributed by atoms with van der Waals surface area (Å²) < 4.78 is 0. The van der Waals surface area contributed by atoms with Crippen LogP contribution in [0.1, 0.15) is 11.1 Å². The molecule has 0 saturated carbocycles. The van der Waals surface area contributed by atoms with E-state index in [0.717, 1.165) is 11.1 Å². The van der Waals surface area contributed by atoms with Crippen LogP contribution in [0.3, 0.4) is 0 Å². The maximum absolute atomic E-state index is 11.7. The molecule has 0 bridgehead atoms. The molecule has 0 unspecified atom stereocenters. The summed E-state index contributed by atoms with van der Waals surface area (Å²) in [5, 5.41) is 4.01. The molecular formula is C17H13Cl2NO. The summed E-state index contributed by atoms with van der Waals surface area (Å²) in [7, 11) is 0. The van der Waals surface area contributed by atoms with Crippen LogP contribution in [0, 0.1) is 11.8 Å². The van der Waals surface area contributed by atoms with Crippen molar-refractivity contribution < 1.29 is 4.79 Å². The van der Waals surface area contributed by atoms with Gasteiger partial charge < -0.3 is 5.32 Å². The summed E-state index contributed by atoms with van der Waals surface area (Å²) in [6.07, 6.45) is 0.310.